The molecule has 0 unspecified atom stereocenters. The van der Waals surface area contributed by atoms with Gasteiger partial charge in [-0.3, -0.25) is 4.79 Å². The largest absolute Gasteiger partial charge is 0.390 e. The van der Waals surface area contributed by atoms with Gasteiger partial charge in [0.1, 0.15) is 0 Å². The van der Waals surface area contributed by atoms with Gasteiger partial charge in [-0.05, 0) is 24.6 Å². The zero-order valence-corrected chi connectivity index (χ0v) is 12.3. The molecule has 0 aliphatic carbocycles. The summed E-state index contributed by atoms with van der Waals surface area (Å²) in [7, 11) is -2.77. The Balaban J connectivity index is 3.02. The third-order valence-corrected chi connectivity index (χ3v) is 3.76. The van der Waals surface area contributed by atoms with Crippen LogP contribution in [-0.4, -0.2) is 39.0 Å². The molecule has 1 aromatic carbocycles. The summed E-state index contributed by atoms with van der Waals surface area (Å²) in [6.45, 7) is 1.04. The number of carbonyl (C=O) groups is 1. The second-order valence-corrected chi connectivity index (χ2v) is 6.18. The van der Waals surface area contributed by atoms with Crippen LogP contribution in [0.15, 0.2) is 23.1 Å². The number of carbonyl (C=O) groups excluding carboxylic acids is 1. The molecule has 1 amide bonds. The van der Waals surface area contributed by atoms with Crippen LogP contribution in [0.25, 0.3) is 0 Å². The van der Waals surface area contributed by atoms with E-state index in [9.17, 15) is 26.4 Å². The lowest BCUT2D eigenvalue weighted by atomic mass is 10.1. The van der Waals surface area contributed by atoms with E-state index in [0.29, 0.717) is 5.56 Å². The summed E-state index contributed by atoms with van der Waals surface area (Å²) in [5.74, 6) is -0.692. The first-order chi connectivity index (χ1) is 9.42. The minimum Gasteiger partial charge on any atom is -0.341 e. The quantitative estimate of drug-likeness (QED) is 0.915. The molecule has 0 aromatic heterocycles. The van der Waals surface area contributed by atoms with Crippen molar-refractivity contribution in [2.75, 3.05) is 13.6 Å². The van der Waals surface area contributed by atoms with Crippen molar-refractivity contribution in [2.24, 2.45) is 5.14 Å². The molecule has 5 nitrogen and oxygen atoms in total. The maximum atomic E-state index is 12.1. The van der Waals surface area contributed by atoms with E-state index in [4.69, 9.17) is 5.14 Å². The average molecular weight is 324 g/mol. The van der Waals surface area contributed by atoms with Crippen LogP contribution in [0.3, 0.4) is 0 Å². The fraction of sp³-hybridized carbons (Fsp3) is 0.417. The van der Waals surface area contributed by atoms with Crippen molar-refractivity contribution < 1.29 is 26.4 Å². The van der Waals surface area contributed by atoms with Crippen molar-refractivity contribution >= 4 is 15.9 Å². The van der Waals surface area contributed by atoms with Gasteiger partial charge in [-0.15, -0.1) is 0 Å². The summed E-state index contributed by atoms with van der Waals surface area (Å²) < 4.78 is 58.9. The smallest absolute Gasteiger partial charge is 0.341 e. The first-order valence-corrected chi connectivity index (χ1v) is 7.42. The number of aryl methyl sites for hydroxylation is 1. The highest BCUT2D eigenvalue weighted by atomic mass is 32.2. The number of primary sulfonamides is 1. The molecule has 9 heteroatoms. The Morgan fingerprint density at radius 2 is 1.90 bits per heavy atom. The van der Waals surface area contributed by atoms with Gasteiger partial charge in [0.05, 0.1) is 11.3 Å². The molecule has 2 N–H and O–H groups in total. The third kappa shape index (κ3) is 5.01. The molecule has 1 aromatic rings. The number of sulfonamides is 1. The predicted molar refractivity (Wildman–Crippen MR) is 70.2 cm³/mol. The van der Waals surface area contributed by atoms with Crippen molar-refractivity contribution in [2.45, 2.75) is 24.4 Å². The highest BCUT2D eigenvalue weighted by molar-refractivity contribution is 7.89. The van der Waals surface area contributed by atoms with Crippen LogP contribution in [0.5, 0.6) is 0 Å². The van der Waals surface area contributed by atoms with Crippen LogP contribution >= 0.6 is 0 Å². The predicted octanol–water partition coefficient (Wildman–Crippen LogP) is 1.67. The second-order valence-electron chi connectivity index (χ2n) is 4.61. The summed E-state index contributed by atoms with van der Waals surface area (Å²) in [6, 6.07) is 3.68. The summed E-state index contributed by atoms with van der Waals surface area (Å²) in [5.41, 5.74) is 0.456. The molecule has 0 atom stereocenters. The van der Waals surface area contributed by atoms with Gasteiger partial charge >= 0.3 is 6.18 Å². The fourth-order valence-corrected chi connectivity index (χ4v) is 2.15. The Labute approximate surface area is 120 Å². The maximum absolute atomic E-state index is 12.1. The van der Waals surface area contributed by atoms with E-state index in [0.717, 1.165) is 11.0 Å². The first-order valence-electron chi connectivity index (χ1n) is 5.87. The number of nitrogens with two attached hydrogens (primary N) is 1. The molecule has 118 valence electrons. The van der Waals surface area contributed by atoms with Gasteiger partial charge in [-0.2, -0.15) is 13.2 Å². The zero-order chi connectivity index (χ0) is 16.4. The first kappa shape index (κ1) is 17.4. The van der Waals surface area contributed by atoms with Crippen LogP contribution in [0.4, 0.5) is 13.2 Å². The van der Waals surface area contributed by atoms with Crippen molar-refractivity contribution in [3.63, 3.8) is 0 Å². The van der Waals surface area contributed by atoms with E-state index in [-0.39, 0.29) is 10.5 Å². The van der Waals surface area contributed by atoms with E-state index in [2.05, 4.69) is 0 Å². The lowest BCUT2D eigenvalue weighted by molar-refractivity contribution is -0.136. The zero-order valence-electron chi connectivity index (χ0n) is 11.4. The van der Waals surface area contributed by atoms with Crippen molar-refractivity contribution in [3.8, 4) is 0 Å². The SMILES string of the molecule is Cc1ccc(S(N)(=O)=O)cc1C(=O)N(C)CCC(F)(F)F. The van der Waals surface area contributed by atoms with E-state index in [1.165, 1.54) is 19.2 Å². The topological polar surface area (TPSA) is 80.5 Å². The van der Waals surface area contributed by atoms with Gasteiger partial charge in [0.2, 0.25) is 10.0 Å². The number of amides is 1. The van der Waals surface area contributed by atoms with Gasteiger partial charge in [0, 0.05) is 19.2 Å². The minimum atomic E-state index is -4.37. The maximum Gasteiger partial charge on any atom is 0.390 e. The van der Waals surface area contributed by atoms with Gasteiger partial charge in [-0.1, -0.05) is 6.07 Å². The molecular weight excluding hydrogens is 309 g/mol. The number of alkyl halides is 3. The fourth-order valence-electron chi connectivity index (χ4n) is 1.61. The molecule has 21 heavy (non-hydrogen) atoms. The minimum absolute atomic E-state index is 0.00574. The standard InChI is InChI=1S/C12H15F3N2O3S/c1-8-3-4-9(21(16,19)20)7-10(8)11(18)17(2)6-5-12(13,14)15/h3-4,7H,5-6H2,1-2H3,(H2,16,19,20). The Morgan fingerprint density at radius 3 is 2.38 bits per heavy atom. The van der Waals surface area contributed by atoms with Crippen LogP contribution in [0, 0.1) is 6.92 Å². The molecule has 0 bridgehead atoms. The van der Waals surface area contributed by atoms with E-state index < -0.39 is 35.1 Å². The Kier molecular flexibility index (Phi) is 5.00. The molecule has 0 saturated carbocycles. The Bertz CT molecular complexity index is 642. The summed E-state index contributed by atoms with van der Waals surface area (Å²) in [5, 5.41) is 4.97. The molecule has 0 heterocycles. The Hall–Kier alpha value is -1.61. The van der Waals surface area contributed by atoms with Crippen molar-refractivity contribution in [3.05, 3.63) is 29.3 Å². The molecule has 1 rings (SSSR count). The molecule has 0 fully saturated rings. The van der Waals surface area contributed by atoms with Crippen molar-refractivity contribution in [1.29, 1.82) is 0 Å². The van der Waals surface area contributed by atoms with Crippen LogP contribution in [0.2, 0.25) is 0 Å². The normalized spacial score (nSPS) is 12.3. The molecule has 0 radical (unpaired) electrons. The summed E-state index contributed by atoms with van der Waals surface area (Å²) in [4.78, 5) is 12.7. The number of hydrogen-bond donors (Lipinski definition) is 1. The van der Waals surface area contributed by atoms with Gasteiger partial charge in [0.25, 0.3) is 5.91 Å². The van der Waals surface area contributed by atoms with Gasteiger partial charge in [-0.25, -0.2) is 13.6 Å². The number of halogens is 3. The molecule has 0 saturated heterocycles. The molecular formula is C12H15F3N2O3S. The molecule has 0 aliphatic heterocycles. The highest BCUT2D eigenvalue weighted by Crippen LogP contribution is 2.21. The van der Waals surface area contributed by atoms with Gasteiger partial charge < -0.3 is 4.90 Å². The number of hydrogen-bond acceptors (Lipinski definition) is 3. The number of rotatable bonds is 4. The van der Waals surface area contributed by atoms with Crippen LogP contribution < -0.4 is 5.14 Å². The van der Waals surface area contributed by atoms with E-state index in [1.54, 1.807) is 6.92 Å². The number of benzene rings is 1. The summed E-state index contributed by atoms with van der Waals surface area (Å²) >= 11 is 0. The van der Waals surface area contributed by atoms with E-state index in [1.807, 2.05) is 0 Å². The van der Waals surface area contributed by atoms with E-state index >= 15 is 0 Å². The highest BCUT2D eigenvalue weighted by Gasteiger charge is 2.28. The van der Waals surface area contributed by atoms with Crippen LogP contribution in [0.1, 0.15) is 22.3 Å². The lowest BCUT2D eigenvalue weighted by Crippen LogP contribution is -2.31. The Morgan fingerprint density at radius 1 is 1.33 bits per heavy atom. The average Bonchev–Trinajstić information content (AvgIpc) is 2.33. The monoisotopic (exact) mass is 324 g/mol. The third-order valence-electron chi connectivity index (χ3n) is 2.85. The van der Waals surface area contributed by atoms with Crippen molar-refractivity contribution in [1.82, 2.24) is 4.90 Å². The molecule has 0 spiro atoms. The second kappa shape index (κ2) is 6.02. The van der Waals surface area contributed by atoms with Gasteiger partial charge in [0.15, 0.2) is 0 Å². The molecule has 0 aliphatic rings. The summed E-state index contributed by atoms with van der Waals surface area (Å²) in [6.07, 6.45) is -5.50. The number of nitrogens with zero attached hydrogens (tertiary/aromatic N) is 1. The lowest BCUT2D eigenvalue weighted by Gasteiger charge is -2.19. The van der Waals surface area contributed by atoms with Crippen LogP contribution in [-0.2, 0) is 10.0 Å².